The minimum atomic E-state index is 0.462. The Bertz CT molecular complexity index is 191. The largest absolute Gasteiger partial charge is 0.311 e. The predicted octanol–water partition coefficient (Wildman–Crippen LogP) is 2.78. The second-order valence-electron chi connectivity index (χ2n) is 5.95. The number of rotatable bonds is 5. The highest BCUT2D eigenvalue weighted by molar-refractivity contribution is 4.86. The fourth-order valence-corrected chi connectivity index (χ4v) is 3.21. The van der Waals surface area contributed by atoms with Crippen molar-refractivity contribution in [2.45, 2.75) is 63.8 Å². The SMILES string of the molecule is CC1(NCCCN2CCCC2)CCCCC1. The van der Waals surface area contributed by atoms with Crippen molar-refractivity contribution in [3.8, 4) is 0 Å². The molecule has 2 nitrogen and oxygen atoms in total. The molecule has 2 heteroatoms. The molecular formula is C14H28N2. The Morgan fingerprint density at radius 1 is 1.00 bits per heavy atom. The van der Waals surface area contributed by atoms with Crippen LogP contribution in [-0.2, 0) is 0 Å². The molecule has 0 aromatic carbocycles. The van der Waals surface area contributed by atoms with E-state index in [1.54, 1.807) is 0 Å². The lowest BCUT2D eigenvalue weighted by Gasteiger charge is -2.35. The molecule has 94 valence electrons. The highest BCUT2D eigenvalue weighted by atomic mass is 15.1. The van der Waals surface area contributed by atoms with E-state index in [1.165, 1.54) is 77.5 Å². The van der Waals surface area contributed by atoms with Crippen LogP contribution >= 0.6 is 0 Å². The van der Waals surface area contributed by atoms with Gasteiger partial charge >= 0.3 is 0 Å². The summed E-state index contributed by atoms with van der Waals surface area (Å²) in [7, 11) is 0. The van der Waals surface area contributed by atoms with E-state index in [4.69, 9.17) is 0 Å². The Hall–Kier alpha value is -0.0800. The number of nitrogens with one attached hydrogen (secondary N) is 1. The summed E-state index contributed by atoms with van der Waals surface area (Å²) in [6.07, 6.45) is 11.2. The molecule has 1 heterocycles. The van der Waals surface area contributed by atoms with Gasteiger partial charge in [0, 0.05) is 5.54 Å². The average molecular weight is 224 g/mol. The highest BCUT2D eigenvalue weighted by Crippen LogP contribution is 2.27. The minimum absolute atomic E-state index is 0.462. The lowest BCUT2D eigenvalue weighted by Crippen LogP contribution is -2.44. The topological polar surface area (TPSA) is 15.3 Å². The van der Waals surface area contributed by atoms with Gasteiger partial charge in [0.2, 0.25) is 0 Å². The number of likely N-dealkylation sites (tertiary alicyclic amines) is 1. The molecule has 2 fully saturated rings. The number of hydrogen-bond acceptors (Lipinski definition) is 2. The van der Waals surface area contributed by atoms with Gasteiger partial charge in [0.25, 0.3) is 0 Å². The van der Waals surface area contributed by atoms with Crippen LogP contribution in [0.15, 0.2) is 0 Å². The van der Waals surface area contributed by atoms with Crippen molar-refractivity contribution >= 4 is 0 Å². The van der Waals surface area contributed by atoms with Crippen LogP contribution in [0.4, 0.5) is 0 Å². The molecule has 1 aliphatic heterocycles. The summed E-state index contributed by atoms with van der Waals surface area (Å²) in [5.74, 6) is 0. The van der Waals surface area contributed by atoms with E-state index < -0.39 is 0 Å². The molecule has 0 aromatic heterocycles. The van der Waals surface area contributed by atoms with Crippen molar-refractivity contribution in [1.29, 1.82) is 0 Å². The fraction of sp³-hybridized carbons (Fsp3) is 1.00. The first-order chi connectivity index (χ1) is 7.79. The quantitative estimate of drug-likeness (QED) is 0.722. The van der Waals surface area contributed by atoms with Gasteiger partial charge in [-0.05, 0) is 65.2 Å². The zero-order valence-corrected chi connectivity index (χ0v) is 10.9. The van der Waals surface area contributed by atoms with E-state index in [1.807, 2.05) is 0 Å². The van der Waals surface area contributed by atoms with E-state index in [-0.39, 0.29) is 0 Å². The van der Waals surface area contributed by atoms with Crippen LogP contribution in [-0.4, -0.2) is 36.6 Å². The summed E-state index contributed by atoms with van der Waals surface area (Å²) in [6, 6.07) is 0. The van der Waals surface area contributed by atoms with Gasteiger partial charge in [-0.15, -0.1) is 0 Å². The van der Waals surface area contributed by atoms with Crippen molar-refractivity contribution in [1.82, 2.24) is 10.2 Å². The van der Waals surface area contributed by atoms with E-state index in [2.05, 4.69) is 17.1 Å². The molecule has 0 unspecified atom stereocenters. The summed E-state index contributed by atoms with van der Waals surface area (Å²) in [5.41, 5.74) is 0.462. The molecule has 2 rings (SSSR count). The maximum atomic E-state index is 3.80. The Morgan fingerprint density at radius 3 is 2.38 bits per heavy atom. The maximum Gasteiger partial charge on any atom is 0.0153 e. The van der Waals surface area contributed by atoms with Crippen molar-refractivity contribution in [2.24, 2.45) is 0 Å². The second kappa shape index (κ2) is 6.02. The highest BCUT2D eigenvalue weighted by Gasteiger charge is 2.25. The van der Waals surface area contributed by atoms with Crippen LogP contribution in [0.25, 0.3) is 0 Å². The maximum absolute atomic E-state index is 3.80. The van der Waals surface area contributed by atoms with Crippen LogP contribution < -0.4 is 5.32 Å². The van der Waals surface area contributed by atoms with E-state index in [0.29, 0.717) is 5.54 Å². The van der Waals surface area contributed by atoms with Crippen molar-refractivity contribution in [3.05, 3.63) is 0 Å². The molecule has 0 amide bonds. The van der Waals surface area contributed by atoms with Crippen LogP contribution in [0.3, 0.4) is 0 Å². The van der Waals surface area contributed by atoms with E-state index >= 15 is 0 Å². The van der Waals surface area contributed by atoms with Crippen molar-refractivity contribution in [3.63, 3.8) is 0 Å². The molecule has 0 atom stereocenters. The van der Waals surface area contributed by atoms with Crippen LogP contribution in [0.5, 0.6) is 0 Å². The monoisotopic (exact) mass is 224 g/mol. The molecule has 1 aliphatic carbocycles. The molecule has 1 N–H and O–H groups in total. The van der Waals surface area contributed by atoms with Crippen LogP contribution in [0.1, 0.15) is 58.3 Å². The van der Waals surface area contributed by atoms with E-state index in [0.717, 1.165) is 0 Å². The number of nitrogens with zero attached hydrogens (tertiary/aromatic N) is 1. The molecular weight excluding hydrogens is 196 g/mol. The van der Waals surface area contributed by atoms with Crippen LogP contribution in [0, 0.1) is 0 Å². The predicted molar refractivity (Wildman–Crippen MR) is 69.8 cm³/mol. The summed E-state index contributed by atoms with van der Waals surface area (Å²) >= 11 is 0. The lowest BCUT2D eigenvalue weighted by atomic mass is 9.83. The third kappa shape index (κ3) is 3.74. The molecule has 0 aromatic rings. The fourth-order valence-electron chi connectivity index (χ4n) is 3.21. The Kier molecular flexibility index (Phi) is 4.66. The van der Waals surface area contributed by atoms with Gasteiger partial charge in [0.1, 0.15) is 0 Å². The van der Waals surface area contributed by atoms with Gasteiger partial charge in [-0.3, -0.25) is 0 Å². The summed E-state index contributed by atoms with van der Waals surface area (Å²) in [5, 5.41) is 3.80. The molecule has 16 heavy (non-hydrogen) atoms. The third-order valence-electron chi connectivity index (χ3n) is 4.36. The Labute approximate surface area is 101 Å². The van der Waals surface area contributed by atoms with Gasteiger partial charge in [-0.2, -0.15) is 0 Å². The van der Waals surface area contributed by atoms with Crippen molar-refractivity contribution in [2.75, 3.05) is 26.2 Å². The standard InChI is InChI=1S/C14H28N2/c1-14(8-3-2-4-9-14)15-10-7-13-16-11-5-6-12-16/h15H,2-13H2,1H3. The zero-order valence-electron chi connectivity index (χ0n) is 10.9. The normalized spacial score (nSPS) is 26.1. The summed E-state index contributed by atoms with van der Waals surface area (Å²) in [4.78, 5) is 2.62. The molecule has 1 saturated carbocycles. The van der Waals surface area contributed by atoms with Gasteiger partial charge < -0.3 is 10.2 Å². The zero-order chi connectivity index (χ0) is 11.3. The molecule has 0 radical (unpaired) electrons. The van der Waals surface area contributed by atoms with Gasteiger partial charge in [-0.1, -0.05) is 19.3 Å². The second-order valence-corrected chi connectivity index (χ2v) is 5.95. The van der Waals surface area contributed by atoms with Gasteiger partial charge in [-0.25, -0.2) is 0 Å². The Morgan fingerprint density at radius 2 is 1.69 bits per heavy atom. The molecule has 2 aliphatic rings. The first-order valence-electron chi connectivity index (χ1n) is 7.26. The van der Waals surface area contributed by atoms with E-state index in [9.17, 15) is 0 Å². The molecule has 1 saturated heterocycles. The molecule has 0 bridgehead atoms. The molecule has 0 spiro atoms. The first kappa shape index (κ1) is 12.4. The van der Waals surface area contributed by atoms with Gasteiger partial charge in [0.05, 0.1) is 0 Å². The van der Waals surface area contributed by atoms with Crippen LogP contribution in [0.2, 0.25) is 0 Å². The minimum Gasteiger partial charge on any atom is -0.311 e. The lowest BCUT2D eigenvalue weighted by molar-refractivity contribution is 0.246. The van der Waals surface area contributed by atoms with Crippen molar-refractivity contribution < 1.29 is 0 Å². The first-order valence-corrected chi connectivity index (χ1v) is 7.26. The summed E-state index contributed by atoms with van der Waals surface area (Å²) in [6.45, 7) is 7.63. The van der Waals surface area contributed by atoms with Gasteiger partial charge in [0.15, 0.2) is 0 Å². The number of hydrogen-bond donors (Lipinski definition) is 1. The summed E-state index contributed by atoms with van der Waals surface area (Å²) < 4.78 is 0. The smallest absolute Gasteiger partial charge is 0.0153 e. The average Bonchev–Trinajstić information content (AvgIpc) is 2.78. The Balaban J connectivity index is 1.56. The third-order valence-corrected chi connectivity index (χ3v) is 4.36.